The Labute approximate surface area is 168 Å². The van der Waals surface area contributed by atoms with E-state index in [0.29, 0.717) is 32.0 Å². The topological polar surface area (TPSA) is 81.8 Å². The van der Waals surface area contributed by atoms with Crippen molar-refractivity contribution >= 4 is 30.1 Å². The average molecular weight is 401 g/mol. The second-order valence-electron chi connectivity index (χ2n) is 7.87. The third-order valence-electron chi connectivity index (χ3n) is 5.81. The zero-order chi connectivity index (χ0) is 18.4. The van der Waals surface area contributed by atoms with Gasteiger partial charge in [-0.2, -0.15) is 0 Å². The van der Waals surface area contributed by atoms with Crippen molar-refractivity contribution in [2.75, 3.05) is 39.3 Å². The van der Waals surface area contributed by atoms with Crippen LogP contribution in [0.25, 0.3) is 0 Å². The van der Waals surface area contributed by atoms with Gasteiger partial charge < -0.3 is 20.4 Å². The Kier molecular flexibility index (Phi) is 8.83. The zero-order valence-electron chi connectivity index (χ0n) is 16.1. The van der Waals surface area contributed by atoms with Crippen LogP contribution in [0.1, 0.15) is 51.4 Å². The van der Waals surface area contributed by atoms with Gasteiger partial charge >= 0.3 is 0 Å². The van der Waals surface area contributed by atoms with Gasteiger partial charge in [-0.25, -0.2) is 0 Å². The molecule has 3 fully saturated rings. The van der Waals surface area contributed by atoms with Gasteiger partial charge in [-0.15, -0.1) is 12.4 Å². The van der Waals surface area contributed by atoms with Gasteiger partial charge in [0.1, 0.15) is 0 Å². The molecule has 0 aromatic carbocycles. The van der Waals surface area contributed by atoms with Gasteiger partial charge in [0, 0.05) is 32.6 Å². The fourth-order valence-corrected chi connectivity index (χ4v) is 4.20. The fourth-order valence-electron chi connectivity index (χ4n) is 4.20. The zero-order valence-corrected chi connectivity index (χ0v) is 16.9. The first-order valence-electron chi connectivity index (χ1n) is 10.2. The highest BCUT2D eigenvalue weighted by atomic mass is 35.5. The van der Waals surface area contributed by atoms with Crippen LogP contribution in [-0.4, -0.2) is 72.8 Å². The quantitative estimate of drug-likeness (QED) is 0.719. The van der Waals surface area contributed by atoms with E-state index in [9.17, 15) is 14.4 Å². The van der Waals surface area contributed by atoms with Gasteiger partial charge in [-0.1, -0.05) is 6.42 Å². The molecule has 27 heavy (non-hydrogen) atoms. The van der Waals surface area contributed by atoms with Crippen LogP contribution in [0, 0.1) is 5.92 Å². The van der Waals surface area contributed by atoms with Gasteiger partial charge in [0.05, 0.1) is 12.6 Å². The number of piperidine rings is 1. The second kappa shape index (κ2) is 10.9. The Hall–Kier alpha value is -1.34. The SMILES string of the molecule is Cl.O=C(NCC1CCCN(C(=O)CN2CCCCCC2=O)C1)C1CCCN1. The van der Waals surface area contributed by atoms with E-state index in [1.165, 1.54) is 0 Å². The van der Waals surface area contributed by atoms with Crippen molar-refractivity contribution in [3.05, 3.63) is 0 Å². The number of hydrogen-bond acceptors (Lipinski definition) is 4. The summed E-state index contributed by atoms with van der Waals surface area (Å²) in [6.07, 6.45) is 7.51. The first-order valence-corrected chi connectivity index (χ1v) is 10.2. The summed E-state index contributed by atoms with van der Waals surface area (Å²) in [4.78, 5) is 40.5. The van der Waals surface area contributed by atoms with Crippen molar-refractivity contribution in [2.24, 2.45) is 5.92 Å². The number of carbonyl (C=O) groups excluding carboxylic acids is 3. The number of nitrogens with zero attached hydrogens (tertiary/aromatic N) is 2. The van der Waals surface area contributed by atoms with Crippen LogP contribution in [0.5, 0.6) is 0 Å². The highest BCUT2D eigenvalue weighted by molar-refractivity contribution is 5.85. The number of carbonyl (C=O) groups is 3. The van der Waals surface area contributed by atoms with Gasteiger partial charge in [0.25, 0.3) is 0 Å². The number of nitrogens with one attached hydrogen (secondary N) is 2. The predicted molar refractivity (Wildman–Crippen MR) is 106 cm³/mol. The first-order chi connectivity index (χ1) is 12.6. The molecule has 154 valence electrons. The molecule has 0 spiro atoms. The Bertz CT molecular complexity index is 525. The number of likely N-dealkylation sites (tertiary alicyclic amines) is 2. The average Bonchev–Trinajstić information content (AvgIpc) is 3.12. The largest absolute Gasteiger partial charge is 0.354 e. The van der Waals surface area contributed by atoms with E-state index in [1.807, 2.05) is 4.90 Å². The minimum atomic E-state index is -0.0506. The van der Waals surface area contributed by atoms with Crippen LogP contribution in [0.15, 0.2) is 0 Å². The minimum absolute atomic E-state index is 0. The Balaban J connectivity index is 0.00000261. The molecule has 3 aliphatic rings. The summed E-state index contributed by atoms with van der Waals surface area (Å²) in [6, 6.07) is -0.0506. The molecule has 3 amide bonds. The molecular formula is C19H33ClN4O3. The van der Waals surface area contributed by atoms with E-state index in [1.54, 1.807) is 4.90 Å². The lowest BCUT2D eigenvalue weighted by atomic mass is 9.97. The molecule has 0 aliphatic carbocycles. The van der Waals surface area contributed by atoms with E-state index in [-0.39, 0.29) is 42.7 Å². The van der Waals surface area contributed by atoms with Crippen LogP contribution in [0.4, 0.5) is 0 Å². The van der Waals surface area contributed by atoms with Gasteiger partial charge in [-0.05, 0) is 51.0 Å². The lowest BCUT2D eigenvalue weighted by Crippen LogP contribution is -2.49. The number of rotatable bonds is 5. The monoisotopic (exact) mass is 400 g/mol. The fraction of sp³-hybridized carbons (Fsp3) is 0.842. The smallest absolute Gasteiger partial charge is 0.242 e. The van der Waals surface area contributed by atoms with Crippen molar-refractivity contribution in [3.8, 4) is 0 Å². The first kappa shape index (κ1) is 22.0. The van der Waals surface area contributed by atoms with Gasteiger partial charge in [-0.3, -0.25) is 14.4 Å². The second-order valence-corrected chi connectivity index (χ2v) is 7.87. The van der Waals surface area contributed by atoms with Crippen LogP contribution in [0.3, 0.4) is 0 Å². The summed E-state index contributed by atoms with van der Waals surface area (Å²) in [5, 5.41) is 6.26. The standard InChI is InChI=1S/C19H32N4O3.ClH/c24-17-8-2-1-3-10-23(17)14-18(25)22-11-5-6-15(13-22)12-21-19(26)16-7-4-9-20-16;/h15-16,20H,1-14H2,(H,21,26);1H. The predicted octanol–water partition coefficient (Wildman–Crippen LogP) is 0.918. The molecular weight excluding hydrogens is 368 g/mol. The van der Waals surface area contributed by atoms with E-state index in [4.69, 9.17) is 0 Å². The maximum atomic E-state index is 12.7. The Morgan fingerprint density at radius 3 is 2.70 bits per heavy atom. The van der Waals surface area contributed by atoms with Crippen molar-refractivity contribution in [1.82, 2.24) is 20.4 Å². The molecule has 3 aliphatic heterocycles. The number of hydrogen-bond donors (Lipinski definition) is 2. The molecule has 2 N–H and O–H groups in total. The molecule has 0 radical (unpaired) electrons. The highest BCUT2D eigenvalue weighted by Gasteiger charge is 2.28. The lowest BCUT2D eigenvalue weighted by molar-refractivity contribution is -0.141. The lowest BCUT2D eigenvalue weighted by Gasteiger charge is -2.34. The summed E-state index contributed by atoms with van der Waals surface area (Å²) in [5.41, 5.74) is 0. The van der Waals surface area contributed by atoms with E-state index >= 15 is 0 Å². The summed E-state index contributed by atoms with van der Waals surface area (Å²) in [6.45, 7) is 3.90. The van der Waals surface area contributed by atoms with E-state index in [0.717, 1.165) is 58.0 Å². The maximum Gasteiger partial charge on any atom is 0.242 e. The molecule has 0 saturated carbocycles. The van der Waals surface area contributed by atoms with Crippen molar-refractivity contribution in [3.63, 3.8) is 0 Å². The molecule has 0 aromatic rings. The number of halogens is 1. The van der Waals surface area contributed by atoms with Crippen molar-refractivity contribution < 1.29 is 14.4 Å². The molecule has 8 heteroatoms. The summed E-state index contributed by atoms with van der Waals surface area (Å²) in [7, 11) is 0. The van der Waals surface area contributed by atoms with Gasteiger partial charge in [0.15, 0.2) is 0 Å². The molecule has 3 heterocycles. The maximum absolute atomic E-state index is 12.7. The van der Waals surface area contributed by atoms with Crippen LogP contribution < -0.4 is 10.6 Å². The molecule has 3 saturated heterocycles. The molecule has 7 nitrogen and oxygen atoms in total. The van der Waals surface area contributed by atoms with Gasteiger partial charge in [0.2, 0.25) is 17.7 Å². The molecule has 0 bridgehead atoms. The molecule has 0 aromatic heterocycles. The van der Waals surface area contributed by atoms with E-state index < -0.39 is 0 Å². The van der Waals surface area contributed by atoms with E-state index in [2.05, 4.69) is 10.6 Å². The summed E-state index contributed by atoms with van der Waals surface area (Å²) in [5.74, 6) is 0.550. The Morgan fingerprint density at radius 2 is 1.93 bits per heavy atom. The minimum Gasteiger partial charge on any atom is -0.354 e. The van der Waals surface area contributed by atoms with Crippen molar-refractivity contribution in [1.29, 1.82) is 0 Å². The van der Waals surface area contributed by atoms with Crippen LogP contribution >= 0.6 is 12.4 Å². The summed E-state index contributed by atoms with van der Waals surface area (Å²) >= 11 is 0. The highest BCUT2D eigenvalue weighted by Crippen LogP contribution is 2.17. The van der Waals surface area contributed by atoms with Crippen LogP contribution in [0.2, 0.25) is 0 Å². The molecule has 3 rings (SSSR count). The third kappa shape index (κ3) is 6.35. The van der Waals surface area contributed by atoms with Crippen molar-refractivity contribution in [2.45, 2.75) is 57.4 Å². The third-order valence-corrected chi connectivity index (χ3v) is 5.81. The normalized spacial score (nSPS) is 26.3. The Morgan fingerprint density at radius 1 is 1.07 bits per heavy atom. The molecule has 2 atom stereocenters. The van der Waals surface area contributed by atoms with Crippen LogP contribution in [-0.2, 0) is 14.4 Å². The number of amides is 3. The molecule has 2 unspecified atom stereocenters. The summed E-state index contributed by atoms with van der Waals surface area (Å²) < 4.78 is 0.